The minimum Gasteiger partial charge on any atom is -0.496 e. The zero-order chi connectivity index (χ0) is 16.2. The van der Waals surface area contributed by atoms with Gasteiger partial charge in [-0.3, -0.25) is 0 Å². The van der Waals surface area contributed by atoms with Gasteiger partial charge in [0.2, 0.25) is 10.0 Å². The fourth-order valence-corrected chi connectivity index (χ4v) is 4.34. The van der Waals surface area contributed by atoms with E-state index in [9.17, 15) is 8.42 Å². The van der Waals surface area contributed by atoms with Crippen LogP contribution in [0.1, 0.15) is 32.1 Å². The number of nitrogens with one attached hydrogen (secondary N) is 1. The molecule has 124 valence electrons. The third-order valence-electron chi connectivity index (χ3n) is 3.87. The van der Waals surface area contributed by atoms with Crippen LogP contribution in [0.25, 0.3) is 0 Å². The van der Waals surface area contributed by atoms with E-state index in [0.717, 1.165) is 32.1 Å². The molecule has 1 aromatic rings. The maximum Gasteiger partial charge on any atom is 0.248 e. The van der Waals surface area contributed by atoms with Crippen LogP contribution in [-0.2, 0) is 10.0 Å². The minimum absolute atomic E-state index is 0.0175. The molecule has 1 saturated carbocycles. The number of ether oxygens (including phenoxy) is 3. The molecule has 1 aliphatic rings. The van der Waals surface area contributed by atoms with Crippen LogP contribution >= 0.6 is 0 Å². The van der Waals surface area contributed by atoms with Crippen LogP contribution in [0.2, 0.25) is 0 Å². The zero-order valence-electron chi connectivity index (χ0n) is 13.2. The van der Waals surface area contributed by atoms with Gasteiger partial charge in [0, 0.05) is 18.2 Å². The molecule has 0 aliphatic heterocycles. The Morgan fingerprint density at radius 2 is 1.50 bits per heavy atom. The average molecular weight is 329 g/mol. The summed E-state index contributed by atoms with van der Waals surface area (Å²) in [6.45, 7) is 0. The Hall–Kier alpha value is -1.47. The highest BCUT2D eigenvalue weighted by Gasteiger charge is 2.29. The summed E-state index contributed by atoms with van der Waals surface area (Å²) < 4.78 is 43.9. The topological polar surface area (TPSA) is 73.9 Å². The van der Waals surface area contributed by atoms with Gasteiger partial charge in [0.1, 0.15) is 17.2 Å². The summed E-state index contributed by atoms with van der Waals surface area (Å²) in [5.41, 5.74) is 0. The SMILES string of the molecule is COc1cc(OC)c(S(=O)(=O)NC2CCCCC2)c(OC)c1. The first-order chi connectivity index (χ1) is 10.5. The molecule has 1 aliphatic carbocycles. The molecule has 0 radical (unpaired) electrons. The largest absolute Gasteiger partial charge is 0.496 e. The van der Waals surface area contributed by atoms with Crippen molar-refractivity contribution in [2.45, 2.75) is 43.0 Å². The second kappa shape index (κ2) is 7.19. The maximum atomic E-state index is 12.7. The van der Waals surface area contributed by atoms with Gasteiger partial charge in [0.05, 0.1) is 21.3 Å². The fraction of sp³-hybridized carbons (Fsp3) is 0.600. The van der Waals surface area contributed by atoms with Gasteiger partial charge in [-0.05, 0) is 12.8 Å². The summed E-state index contributed by atoms with van der Waals surface area (Å²) in [7, 11) is 0.626. The van der Waals surface area contributed by atoms with Crippen molar-refractivity contribution in [3.05, 3.63) is 12.1 Å². The van der Waals surface area contributed by atoms with Gasteiger partial charge in [-0.15, -0.1) is 0 Å². The van der Waals surface area contributed by atoms with Crippen LogP contribution in [0.5, 0.6) is 17.2 Å². The monoisotopic (exact) mass is 329 g/mol. The number of hydrogen-bond acceptors (Lipinski definition) is 5. The molecule has 0 heterocycles. The van der Waals surface area contributed by atoms with Crippen molar-refractivity contribution in [1.82, 2.24) is 4.72 Å². The molecule has 0 unspecified atom stereocenters. The van der Waals surface area contributed by atoms with Gasteiger partial charge < -0.3 is 14.2 Å². The molecule has 0 bridgehead atoms. The van der Waals surface area contributed by atoms with E-state index in [1.54, 1.807) is 0 Å². The lowest BCUT2D eigenvalue weighted by Gasteiger charge is -2.24. The van der Waals surface area contributed by atoms with E-state index in [1.807, 2.05) is 0 Å². The standard InChI is InChI=1S/C15H23NO5S/c1-19-12-9-13(20-2)15(14(10-12)21-3)22(17,18)16-11-7-5-4-6-8-11/h9-11,16H,4-8H2,1-3H3. The first-order valence-electron chi connectivity index (χ1n) is 7.34. The first kappa shape index (κ1) is 16.9. The molecule has 6 nitrogen and oxygen atoms in total. The Morgan fingerprint density at radius 1 is 0.955 bits per heavy atom. The van der Waals surface area contributed by atoms with Gasteiger partial charge >= 0.3 is 0 Å². The lowest BCUT2D eigenvalue weighted by atomic mass is 9.96. The van der Waals surface area contributed by atoms with E-state index in [0.29, 0.717) is 5.75 Å². The Bertz CT molecular complexity index is 583. The molecule has 7 heteroatoms. The second-order valence-electron chi connectivity index (χ2n) is 5.32. The number of sulfonamides is 1. The van der Waals surface area contributed by atoms with Gasteiger partial charge in [0.15, 0.2) is 4.90 Å². The lowest BCUT2D eigenvalue weighted by Crippen LogP contribution is -2.36. The predicted molar refractivity (Wildman–Crippen MR) is 83.3 cm³/mol. The molecule has 0 spiro atoms. The van der Waals surface area contributed by atoms with E-state index < -0.39 is 10.0 Å². The molecule has 0 aromatic heterocycles. The molecule has 1 N–H and O–H groups in total. The molecular weight excluding hydrogens is 306 g/mol. The van der Waals surface area contributed by atoms with E-state index in [2.05, 4.69) is 4.72 Å². The van der Waals surface area contributed by atoms with Crippen LogP contribution in [0.3, 0.4) is 0 Å². The molecule has 0 amide bonds. The Morgan fingerprint density at radius 3 is 1.95 bits per heavy atom. The van der Waals surface area contributed by atoms with E-state index in [-0.39, 0.29) is 22.4 Å². The third kappa shape index (κ3) is 3.64. The second-order valence-corrected chi connectivity index (χ2v) is 6.97. The summed E-state index contributed by atoms with van der Waals surface area (Å²) in [5.74, 6) is 0.893. The van der Waals surface area contributed by atoms with Crippen LogP contribution in [0.4, 0.5) is 0 Å². The van der Waals surface area contributed by atoms with Crippen molar-refractivity contribution < 1.29 is 22.6 Å². The number of rotatable bonds is 6. The number of methoxy groups -OCH3 is 3. The minimum atomic E-state index is -3.73. The number of benzene rings is 1. The third-order valence-corrected chi connectivity index (χ3v) is 5.45. The van der Waals surface area contributed by atoms with Crippen LogP contribution in [-0.4, -0.2) is 35.8 Å². The van der Waals surface area contributed by atoms with Crippen molar-refractivity contribution in [3.8, 4) is 17.2 Å². The first-order valence-corrected chi connectivity index (χ1v) is 8.82. The molecule has 0 atom stereocenters. The Kier molecular flexibility index (Phi) is 5.52. The van der Waals surface area contributed by atoms with Crippen LogP contribution in [0.15, 0.2) is 17.0 Å². The quantitative estimate of drug-likeness (QED) is 0.867. The average Bonchev–Trinajstić information content (AvgIpc) is 2.53. The van der Waals surface area contributed by atoms with Crippen molar-refractivity contribution in [3.63, 3.8) is 0 Å². The summed E-state index contributed by atoms with van der Waals surface area (Å²) in [5, 5.41) is 0. The van der Waals surface area contributed by atoms with E-state index >= 15 is 0 Å². The van der Waals surface area contributed by atoms with Crippen LogP contribution in [0, 0.1) is 0 Å². The molecule has 1 fully saturated rings. The van der Waals surface area contributed by atoms with Crippen LogP contribution < -0.4 is 18.9 Å². The summed E-state index contributed by atoms with van der Waals surface area (Å²) in [4.78, 5) is 0.0175. The Balaban J connectivity index is 2.39. The molecule has 1 aromatic carbocycles. The summed E-state index contributed by atoms with van der Waals surface area (Å²) >= 11 is 0. The van der Waals surface area contributed by atoms with Gasteiger partial charge in [-0.2, -0.15) is 0 Å². The van der Waals surface area contributed by atoms with Gasteiger partial charge in [0.25, 0.3) is 0 Å². The van der Waals surface area contributed by atoms with Gasteiger partial charge in [-0.1, -0.05) is 19.3 Å². The van der Waals surface area contributed by atoms with Gasteiger partial charge in [-0.25, -0.2) is 13.1 Å². The highest BCUT2D eigenvalue weighted by molar-refractivity contribution is 7.89. The van der Waals surface area contributed by atoms with E-state index in [1.165, 1.54) is 33.5 Å². The molecule has 2 rings (SSSR count). The van der Waals surface area contributed by atoms with Crippen molar-refractivity contribution in [2.24, 2.45) is 0 Å². The van der Waals surface area contributed by atoms with Crippen molar-refractivity contribution in [2.75, 3.05) is 21.3 Å². The van der Waals surface area contributed by atoms with E-state index in [4.69, 9.17) is 14.2 Å². The van der Waals surface area contributed by atoms with Crippen molar-refractivity contribution >= 4 is 10.0 Å². The maximum absolute atomic E-state index is 12.7. The lowest BCUT2D eigenvalue weighted by molar-refractivity contribution is 0.357. The smallest absolute Gasteiger partial charge is 0.248 e. The predicted octanol–water partition coefficient (Wildman–Crippen LogP) is 2.32. The molecule has 0 saturated heterocycles. The molecular formula is C15H23NO5S. The molecule has 22 heavy (non-hydrogen) atoms. The number of hydrogen-bond donors (Lipinski definition) is 1. The summed E-state index contributed by atoms with van der Waals surface area (Å²) in [6.07, 6.45) is 4.97. The summed E-state index contributed by atoms with van der Waals surface area (Å²) in [6, 6.07) is 3.05. The highest BCUT2D eigenvalue weighted by Crippen LogP contribution is 2.37. The normalized spacial score (nSPS) is 16.3. The zero-order valence-corrected chi connectivity index (χ0v) is 14.0. The fourth-order valence-electron chi connectivity index (χ4n) is 2.74. The highest BCUT2D eigenvalue weighted by atomic mass is 32.2. The van der Waals surface area contributed by atoms with Crippen molar-refractivity contribution in [1.29, 1.82) is 0 Å². The Labute approximate surface area is 131 Å².